The van der Waals surface area contributed by atoms with Gasteiger partial charge < -0.3 is 0 Å². The van der Waals surface area contributed by atoms with Crippen LogP contribution in [0.3, 0.4) is 0 Å². The molecule has 0 saturated carbocycles. The normalized spacial score (nSPS) is 12.2. The standard InChI is InChI=1S/C29H25BrN2OS2/c1-29(2,3)22-11-15-24(16-12-22)35(33)19-34-28-26(18-31)25(20-7-5-4-6-8-20)17-27(32-28)21-9-13-23(30)14-10-21/h4-17H,19H2,1-3H3. The Morgan fingerprint density at radius 3 is 2.20 bits per heavy atom. The van der Waals surface area contributed by atoms with Crippen LogP contribution in [0.4, 0.5) is 0 Å². The number of thioether (sulfide) groups is 1. The zero-order chi connectivity index (χ0) is 25.0. The van der Waals surface area contributed by atoms with Crippen molar-refractivity contribution in [1.29, 1.82) is 5.26 Å². The molecule has 0 saturated heterocycles. The summed E-state index contributed by atoms with van der Waals surface area (Å²) >= 11 is 4.85. The molecule has 176 valence electrons. The van der Waals surface area contributed by atoms with Gasteiger partial charge in [-0.25, -0.2) is 4.98 Å². The molecule has 6 heteroatoms. The van der Waals surface area contributed by atoms with Gasteiger partial charge in [0, 0.05) is 20.5 Å². The number of aromatic nitrogens is 1. The van der Waals surface area contributed by atoms with E-state index in [1.54, 1.807) is 0 Å². The first-order valence-electron chi connectivity index (χ1n) is 11.1. The predicted octanol–water partition coefficient (Wildman–Crippen LogP) is 8.20. The Labute approximate surface area is 222 Å². The topological polar surface area (TPSA) is 53.8 Å². The molecule has 0 amide bonds. The van der Waals surface area contributed by atoms with E-state index in [9.17, 15) is 9.47 Å². The molecule has 3 nitrogen and oxygen atoms in total. The van der Waals surface area contributed by atoms with Crippen molar-refractivity contribution in [2.45, 2.75) is 36.1 Å². The fraction of sp³-hybridized carbons (Fsp3) is 0.172. The molecule has 1 atom stereocenters. The summed E-state index contributed by atoms with van der Waals surface area (Å²) in [6.45, 7) is 6.48. The minimum absolute atomic E-state index is 0.0433. The van der Waals surface area contributed by atoms with Gasteiger partial charge in [-0.1, -0.05) is 103 Å². The number of hydrogen-bond acceptors (Lipinski definition) is 4. The Morgan fingerprint density at radius 2 is 1.60 bits per heavy atom. The lowest BCUT2D eigenvalue weighted by atomic mass is 9.87. The molecule has 4 rings (SSSR count). The summed E-state index contributed by atoms with van der Waals surface area (Å²) in [6, 6.07) is 30.0. The number of benzene rings is 3. The van der Waals surface area contributed by atoms with Crippen LogP contribution in [0, 0.1) is 11.3 Å². The molecule has 1 aromatic heterocycles. The van der Waals surface area contributed by atoms with E-state index in [4.69, 9.17) is 4.98 Å². The Kier molecular flexibility index (Phi) is 7.91. The number of hydrogen-bond donors (Lipinski definition) is 0. The highest BCUT2D eigenvalue weighted by atomic mass is 79.9. The quantitative estimate of drug-likeness (QED) is 0.223. The second-order valence-electron chi connectivity index (χ2n) is 9.10. The second kappa shape index (κ2) is 10.9. The van der Waals surface area contributed by atoms with E-state index >= 15 is 0 Å². The zero-order valence-electron chi connectivity index (χ0n) is 19.8. The van der Waals surface area contributed by atoms with Gasteiger partial charge in [0.25, 0.3) is 0 Å². The molecule has 0 N–H and O–H groups in total. The molecule has 1 heterocycles. The van der Waals surface area contributed by atoms with Crippen LogP contribution in [0.15, 0.2) is 99.3 Å². The highest BCUT2D eigenvalue weighted by Gasteiger charge is 2.18. The minimum Gasteiger partial charge on any atom is -0.253 e. The van der Waals surface area contributed by atoms with Gasteiger partial charge in [0.15, 0.2) is 0 Å². The maximum Gasteiger partial charge on any atom is 0.116 e. The molecule has 0 aliphatic heterocycles. The lowest BCUT2D eigenvalue weighted by Crippen LogP contribution is -2.10. The average molecular weight is 562 g/mol. The van der Waals surface area contributed by atoms with Crippen LogP contribution < -0.4 is 0 Å². The fourth-order valence-electron chi connectivity index (χ4n) is 3.63. The van der Waals surface area contributed by atoms with Gasteiger partial charge in [-0.15, -0.1) is 0 Å². The van der Waals surface area contributed by atoms with E-state index in [-0.39, 0.29) is 5.41 Å². The number of halogens is 1. The van der Waals surface area contributed by atoms with Gasteiger partial charge in [-0.2, -0.15) is 5.26 Å². The fourth-order valence-corrected chi connectivity index (χ4v) is 6.22. The summed E-state index contributed by atoms with van der Waals surface area (Å²) in [5, 5.41) is 11.0. The van der Waals surface area contributed by atoms with Crippen LogP contribution in [-0.4, -0.2) is 14.3 Å². The van der Waals surface area contributed by atoms with Crippen LogP contribution in [0.5, 0.6) is 0 Å². The van der Waals surface area contributed by atoms with E-state index in [1.807, 2.05) is 84.9 Å². The molecule has 0 fully saturated rings. The third-order valence-corrected chi connectivity index (χ3v) is 8.83. The number of rotatable bonds is 6. The SMILES string of the molecule is CC(C)(C)c1ccc(S(=O)CSc2nc(-c3ccc(Br)cc3)cc(-c3ccccc3)c2C#N)cc1. The van der Waals surface area contributed by atoms with Gasteiger partial charge in [0.1, 0.15) is 11.1 Å². The Bertz CT molecular complexity index is 1390. The predicted molar refractivity (Wildman–Crippen MR) is 150 cm³/mol. The largest absolute Gasteiger partial charge is 0.253 e. The molecular formula is C29H25BrN2OS2. The summed E-state index contributed by atoms with van der Waals surface area (Å²) in [4.78, 5) is 5.61. The summed E-state index contributed by atoms with van der Waals surface area (Å²) in [5.41, 5.74) is 5.25. The van der Waals surface area contributed by atoms with Crippen molar-refractivity contribution in [1.82, 2.24) is 4.98 Å². The first-order chi connectivity index (χ1) is 16.8. The van der Waals surface area contributed by atoms with Gasteiger partial charge in [0.2, 0.25) is 0 Å². The van der Waals surface area contributed by atoms with Crippen molar-refractivity contribution in [2.24, 2.45) is 0 Å². The van der Waals surface area contributed by atoms with Crippen molar-refractivity contribution in [3.05, 3.63) is 101 Å². The molecule has 4 aromatic rings. The third-order valence-electron chi connectivity index (χ3n) is 5.61. The Morgan fingerprint density at radius 1 is 0.943 bits per heavy atom. The Hall–Kier alpha value is -2.72. The summed E-state index contributed by atoms with van der Waals surface area (Å²) in [5.74, 6) is 0. The molecule has 0 spiro atoms. The van der Waals surface area contributed by atoms with Crippen molar-refractivity contribution >= 4 is 38.5 Å². The first-order valence-corrected chi connectivity index (χ1v) is 14.2. The van der Waals surface area contributed by atoms with E-state index < -0.39 is 10.8 Å². The van der Waals surface area contributed by atoms with Gasteiger partial charge >= 0.3 is 0 Å². The maximum atomic E-state index is 13.1. The molecule has 0 bridgehead atoms. The molecule has 0 aliphatic carbocycles. The van der Waals surface area contributed by atoms with Crippen molar-refractivity contribution in [2.75, 3.05) is 5.08 Å². The van der Waals surface area contributed by atoms with E-state index in [0.717, 1.165) is 31.8 Å². The van der Waals surface area contributed by atoms with Crippen LogP contribution in [0.25, 0.3) is 22.4 Å². The monoisotopic (exact) mass is 560 g/mol. The summed E-state index contributed by atoms with van der Waals surface area (Å²) in [6.07, 6.45) is 0. The van der Waals surface area contributed by atoms with E-state index in [0.29, 0.717) is 15.7 Å². The van der Waals surface area contributed by atoms with Crippen molar-refractivity contribution < 1.29 is 4.21 Å². The number of nitrogens with zero attached hydrogens (tertiary/aromatic N) is 2. The smallest absolute Gasteiger partial charge is 0.116 e. The zero-order valence-corrected chi connectivity index (χ0v) is 23.0. The molecular weight excluding hydrogens is 536 g/mol. The number of nitriles is 1. The van der Waals surface area contributed by atoms with E-state index in [1.165, 1.54) is 17.3 Å². The van der Waals surface area contributed by atoms with Gasteiger partial charge in [0.05, 0.1) is 27.1 Å². The number of pyridine rings is 1. The molecule has 3 aromatic carbocycles. The van der Waals surface area contributed by atoms with Crippen molar-refractivity contribution in [3.63, 3.8) is 0 Å². The third kappa shape index (κ3) is 6.10. The van der Waals surface area contributed by atoms with Crippen LogP contribution in [0.1, 0.15) is 31.9 Å². The Balaban J connectivity index is 1.69. The first kappa shape index (κ1) is 25.4. The lowest BCUT2D eigenvalue weighted by molar-refractivity contribution is 0.589. The van der Waals surface area contributed by atoms with Crippen LogP contribution in [-0.2, 0) is 16.2 Å². The second-order valence-corrected chi connectivity index (χ2v) is 12.8. The summed E-state index contributed by atoms with van der Waals surface area (Å²) in [7, 11) is -1.23. The lowest BCUT2D eigenvalue weighted by Gasteiger charge is -2.19. The molecule has 1 unspecified atom stereocenters. The summed E-state index contributed by atoms with van der Waals surface area (Å²) < 4.78 is 14.1. The van der Waals surface area contributed by atoms with Crippen LogP contribution in [0.2, 0.25) is 0 Å². The minimum atomic E-state index is -1.23. The molecule has 0 aliphatic rings. The van der Waals surface area contributed by atoms with Gasteiger partial charge in [-0.3, -0.25) is 4.21 Å². The molecule has 0 radical (unpaired) electrons. The average Bonchev–Trinajstić information content (AvgIpc) is 2.87. The maximum absolute atomic E-state index is 13.1. The van der Waals surface area contributed by atoms with Gasteiger partial charge in [-0.05, 0) is 46.9 Å². The highest BCUT2D eigenvalue weighted by molar-refractivity contribution is 9.10. The molecule has 35 heavy (non-hydrogen) atoms. The highest BCUT2D eigenvalue weighted by Crippen LogP contribution is 2.35. The van der Waals surface area contributed by atoms with Crippen molar-refractivity contribution in [3.8, 4) is 28.5 Å². The van der Waals surface area contributed by atoms with Crippen LogP contribution >= 0.6 is 27.7 Å². The van der Waals surface area contributed by atoms with E-state index in [2.05, 4.69) is 42.8 Å².